The van der Waals surface area contributed by atoms with Crippen molar-refractivity contribution in [2.45, 2.75) is 6.10 Å². The molecule has 0 amide bonds. The molecule has 1 aromatic carbocycles. The van der Waals surface area contributed by atoms with Gasteiger partial charge in [0.15, 0.2) is 11.5 Å². The van der Waals surface area contributed by atoms with Crippen LogP contribution in [0.2, 0.25) is 0 Å². The molecule has 0 fully saturated rings. The third kappa shape index (κ3) is 3.58. The molecule has 0 bridgehead atoms. The van der Waals surface area contributed by atoms with E-state index in [9.17, 15) is 5.11 Å². The Morgan fingerprint density at radius 3 is 2.47 bits per heavy atom. The molecule has 4 nitrogen and oxygen atoms in total. The molecule has 3 N–H and O–H groups in total. The molecule has 0 aliphatic carbocycles. The summed E-state index contributed by atoms with van der Waals surface area (Å²) in [5.74, 6) is -0.242. The Kier molecular flexibility index (Phi) is 6.08. The maximum atomic E-state index is 9.29. The molecule has 0 spiro atoms. The average Bonchev–Trinajstić information content (AvgIpc) is 2.19. The fourth-order valence-electron chi connectivity index (χ4n) is 1.26. The molecule has 1 rings (SSSR count). The molecule has 0 aliphatic rings. The quantitative estimate of drug-likeness (QED) is 0.689. The normalized spacial score (nSPS) is 11.9. The summed E-state index contributed by atoms with van der Waals surface area (Å²) in [6.07, 6.45) is -0.119. The van der Waals surface area contributed by atoms with Crippen molar-refractivity contribution in [2.24, 2.45) is 0 Å². The predicted octanol–water partition coefficient (Wildman–Crippen LogP) is 1.43. The van der Waals surface area contributed by atoms with E-state index < -0.39 is 0 Å². The van der Waals surface area contributed by atoms with Gasteiger partial charge in [0.2, 0.25) is 0 Å². The van der Waals surface area contributed by atoms with Crippen molar-refractivity contribution in [2.75, 3.05) is 20.7 Å². The van der Waals surface area contributed by atoms with Crippen LogP contribution in [0.15, 0.2) is 18.2 Å². The van der Waals surface area contributed by atoms with Crippen molar-refractivity contribution in [1.82, 2.24) is 5.32 Å². The van der Waals surface area contributed by atoms with Crippen molar-refractivity contribution < 1.29 is 14.9 Å². The van der Waals surface area contributed by atoms with Crippen molar-refractivity contribution in [3.05, 3.63) is 23.8 Å². The highest BCUT2D eigenvalue weighted by Crippen LogP contribution is 2.28. The lowest BCUT2D eigenvalue weighted by molar-refractivity contribution is 0.104. The molecule has 0 heterocycles. The summed E-state index contributed by atoms with van der Waals surface area (Å²) in [5.41, 5.74) is 0.831. The van der Waals surface area contributed by atoms with E-state index in [1.807, 2.05) is 7.05 Å². The number of nitrogens with one attached hydrogen (secondary N) is 1. The highest BCUT2D eigenvalue weighted by atomic mass is 35.5. The average molecular weight is 234 g/mol. The van der Waals surface area contributed by atoms with Gasteiger partial charge in [-0.05, 0) is 24.7 Å². The van der Waals surface area contributed by atoms with Crippen LogP contribution in [0, 0.1) is 0 Å². The summed E-state index contributed by atoms with van der Waals surface area (Å²) in [6, 6.07) is 4.67. The summed E-state index contributed by atoms with van der Waals surface area (Å²) in [5, 5.41) is 21.4. The molecular formula is C10H16ClNO3. The van der Waals surface area contributed by atoms with Crippen molar-refractivity contribution >= 4 is 12.4 Å². The minimum Gasteiger partial charge on any atom is -0.504 e. The number of hydrogen-bond acceptors (Lipinski definition) is 4. The largest absolute Gasteiger partial charge is 0.504 e. The lowest BCUT2D eigenvalue weighted by Gasteiger charge is -2.15. The first kappa shape index (κ1) is 14.0. The van der Waals surface area contributed by atoms with Gasteiger partial charge in [0.1, 0.15) is 0 Å². The fourth-order valence-corrected chi connectivity index (χ4v) is 1.26. The van der Waals surface area contributed by atoms with Crippen molar-refractivity contribution in [3.63, 3.8) is 0 Å². The second-order valence-corrected chi connectivity index (χ2v) is 3.03. The summed E-state index contributed by atoms with van der Waals surface area (Å²) >= 11 is 0. The number of hydrogen-bond donors (Lipinski definition) is 3. The van der Waals surface area contributed by atoms with E-state index in [1.165, 1.54) is 12.1 Å². The Hall–Kier alpha value is -0.970. The number of phenolic OH excluding ortho intramolecular Hbond substituents is 2. The number of aromatic hydroxyl groups is 2. The molecule has 0 aromatic heterocycles. The predicted molar refractivity (Wildman–Crippen MR) is 60.7 cm³/mol. The Bertz CT molecular complexity index is 307. The van der Waals surface area contributed by atoms with Crippen LogP contribution < -0.4 is 5.32 Å². The van der Waals surface area contributed by atoms with Crippen LogP contribution in [-0.4, -0.2) is 30.9 Å². The number of benzene rings is 1. The van der Waals surface area contributed by atoms with E-state index in [4.69, 9.17) is 9.84 Å². The molecule has 86 valence electrons. The Labute approximate surface area is 95.3 Å². The monoisotopic (exact) mass is 233 g/mol. The van der Waals surface area contributed by atoms with E-state index >= 15 is 0 Å². The van der Waals surface area contributed by atoms with Crippen LogP contribution in [0.3, 0.4) is 0 Å². The van der Waals surface area contributed by atoms with Crippen LogP contribution in [0.4, 0.5) is 0 Å². The standard InChI is InChI=1S/C10H15NO3.ClH/c1-11-6-10(14-2)7-3-4-8(12)9(13)5-7;/h3-5,10-13H,6H2,1-2H3;1H. The Morgan fingerprint density at radius 1 is 1.33 bits per heavy atom. The Morgan fingerprint density at radius 2 is 2.00 bits per heavy atom. The van der Waals surface area contributed by atoms with E-state index in [0.29, 0.717) is 6.54 Å². The SMILES string of the molecule is CNCC(OC)c1ccc(O)c(O)c1.Cl. The summed E-state index contributed by atoms with van der Waals surface area (Å²) < 4.78 is 5.22. The Balaban J connectivity index is 0.00000196. The second-order valence-electron chi connectivity index (χ2n) is 3.03. The van der Waals surface area contributed by atoms with Crippen LogP contribution >= 0.6 is 12.4 Å². The molecule has 0 saturated carbocycles. The lowest BCUT2D eigenvalue weighted by atomic mass is 10.1. The maximum Gasteiger partial charge on any atom is 0.157 e. The third-order valence-corrected chi connectivity index (χ3v) is 2.05. The van der Waals surface area contributed by atoms with Gasteiger partial charge in [-0.2, -0.15) is 0 Å². The molecule has 0 saturated heterocycles. The van der Waals surface area contributed by atoms with Gasteiger partial charge in [-0.15, -0.1) is 12.4 Å². The zero-order valence-corrected chi connectivity index (χ0v) is 9.54. The molecule has 1 unspecified atom stereocenters. The van der Waals surface area contributed by atoms with E-state index in [-0.39, 0.29) is 30.0 Å². The molecule has 15 heavy (non-hydrogen) atoms. The van der Waals surface area contributed by atoms with Gasteiger partial charge in [0.05, 0.1) is 6.10 Å². The van der Waals surface area contributed by atoms with E-state index in [0.717, 1.165) is 5.56 Å². The number of likely N-dealkylation sites (N-methyl/N-ethyl adjacent to an activating group) is 1. The first-order valence-corrected chi connectivity index (χ1v) is 4.38. The van der Waals surface area contributed by atoms with Crippen LogP contribution in [0.5, 0.6) is 11.5 Å². The van der Waals surface area contributed by atoms with Gasteiger partial charge >= 0.3 is 0 Å². The van der Waals surface area contributed by atoms with Crippen LogP contribution in [0.1, 0.15) is 11.7 Å². The number of ether oxygens (including phenoxy) is 1. The number of methoxy groups -OCH3 is 1. The smallest absolute Gasteiger partial charge is 0.157 e. The van der Waals surface area contributed by atoms with Crippen LogP contribution in [-0.2, 0) is 4.74 Å². The van der Waals surface area contributed by atoms with Gasteiger partial charge in [0, 0.05) is 13.7 Å². The topological polar surface area (TPSA) is 61.7 Å². The molecule has 1 atom stereocenters. The van der Waals surface area contributed by atoms with E-state index in [1.54, 1.807) is 13.2 Å². The van der Waals surface area contributed by atoms with Crippen molar-refractivity contribution in [1.29, 1.82) is 0 Å². The summed E-state index contributed by atoms with van der Waals surface area (Å²) in [4.78, 5) is 0. The molecule has 1 aromatic rings. The minimum atomic E-state index is -0.124. The van der Waals surface area contributed by atoms with Gasteiger partial charge in [0.25, 0.3) is 0 Å². The van der Waals surface area contributed by atoms with Gasteiger partial charge in [-0.3, -0.25) is 0 Å². The highest BCUT2D eigenvalue weighted by molar-refractivity contribution is 5.85. The summed E-state index contributed by atoms with van der Waals surface area (Å²) in [7, 11) is 3.43. The lowest BCUT2D eigenvalue weighted by Crippen LogP contribution is -2.18. The zero-order valence-electron chi connectivity index (χ0n) is 8.73. The van der Waals surface area contributed by atoms with Gasteiger partial charge in [-0.1, -0.05) is 6.07 Å². The van der Waals surface area contributed by atoms with Crippen molar-refractivity contribution in [3.8, 4) is 11.5 Å². The maximum absolute atomic E-state index is 9.29. The third-order valence-electron chi connectivity index (χ3n) is 2.05. The van der Waals surface area contributed by atoms with Crippen LogP contribution in [0.25, 0.3) is 0 Å². The molecular weight excluding hydrogens is 218 g/mol. The fraction of sp³-hybridized carbons (Fsp3) is 0.400. The molecule has 0 radical (unpaired) electrons. The van der Waals surface area contributed by atoms with Gasteiger partial charge < -0.3 is 20.3 Å². The highest BCUT2D eigenvalue weighted by Gasteiger charge is 2.11. The molecule has 0 aliphatic heterocycles. The summed E-state index contributed by atoms with van der Waals surface area (Å²) in [6.45, 7) is 0.653. The van der Waals surface area contributed by atoms with E-state index in [2.05, 4.69) is 5.32 Å². The van der Waals surface area contributed by atoms with Gasteiger partial charge in [-0.25, -0.2) is 0 Å². The minimum absolute atomic E-state index is 0. The second kappa shape index (κ2) is 6.50. The number of rotatable bonds is 4. The zero-order chi connectivity index (χ0) is 10.6. The first-order chi connectivity index (χ1) is 6.69. The number of phenols is 2. The molecule has 5 heteroatoms. The first-order valence-electron chi connectivity index (χ1n) is 4.38. The number of halogens is 1.